The SMILES string of the molecule is COCCOCCO[C@H]1/C=C/[C@H](OC)[C@@H]2CC[C@H]2CN2C[C@@]3(CCCc4cc(Cl)ccc43)COc3ccc(cc32)C(=O)N=S(=O)(NC(=O)c2cn(C)nc2OC)CC1. The van der Waals surface area contributed by atoms with E-state index in [0.717, 1.165) is 42.8 Å². The van der Waals surface area contributed by atoms with E-state index in [0.29, 0.717) is 51.2 Å². The van der Waals surface area contributed by atoms with Crippen molar-refractivity contribution in [2.45, 2.75) is 56.1 Å². The van der Waals surface area contributed by atoms with Gasteiger partial charge in [-0.2, -0.15) is 0 Å². The highest BCUT2D eigenvalue weighted by molar-refractivity contribution is 7.92. The predicted octanol–water partition coefficient (Wildman–Crippen LogP) is 5.56. The molecular weight excluding hydrogens is 786 g/mol. The maximum absolute atomic E-state index is 14.9. The number of nitrogens with one attached hydrogen (secondary N) is 1. The molecule has 1 N–H and O–H groups in total. The van der Waals surface area contributed by atoms with Gasteiger partial charge in [-0.15, -0.1) is 9.46 Å². The zero-order valence-corrected chi connectivity index (χ0v) is 35.2. The maximum Gasteiger partial charge on any atom is 0.286 e. The van der Waals surface area contributed by atoms with E-state index in [1.54, 1.807) is 39.5 Å². The predicted molar refractivity (Wildman–Crippen MR) is 220 cm³/mol. The minimum atomic E-state index is -3.75. The number of benzene rings is 2. The van der Waals surface area contributed by atoms with E-state index in [9.17, 15) is 13.8 Å². The van der Waals surface area contributed by atoms with Crippen LogP contribution in [0.3, 0.4) is 0 Å². The van der Waals surface area contributed by atoms with E-state index in [1.165, 1.54) is 29.1 Å². The van der Waals surface area contributed by atoms with Crippen LogP contribution in [-0.2, 0) is 47.7 Å². The van der Waals surface area contributed by atoms with Crippen molar-refractivity contribution in [1.29, 1.82) is 0 Å². The van der Waals surface area contributed by atoms with Gasteiger partial charge in [0.2, 0.25) is 5.88 Å². The molecule has 1 fully saturated rings. The van der Waals surface area contributed by atoms with E-state index in [1.807, 2.05) is 18.2 Å². The van der Waals surface area contributed by atoms with Crippen LogP contribution in [0.25, 0.3) is 0 Å². The van der Waals surface area contributed by atoms with Crippen LogP contribution in [0.2, 0.25) is 5.02 Å². The van der Waals surface area contributed by atoms with Gasteiger partial charge >= 0.3 is 0 Å². The number of aromatic nitrogens is 2. The zero-order valence-electron chi connectivity index (χ0n) is 33.7. The Bertz CT molecular complexity index is 2120. The van der Waals surface area contributed by atoms with Crippen molar-refractivity contribution in [2.24, 2.45) is 23.2 Å². The topological polar surface area (TPSA) is 152 Å². The fraction of sp³-hybridized carbons (Fsp3) is 0.548. The fourth-order valence-corrected chi connectivity index (χ4v) is 10.5. The van der Waals surface area contributed by atoms with Crippen molar-refractivity contribution in [3.63, 3.8) is 0 Å². The van der Waals surface area contributed by atoms with Gasteiger partial charge in [-0.3, -0.25) is 19.0 Å². The van der Waals surface area contributed by atoms with Gasteiger partial charge in [0.25, 0.3) is 11.8 Å². The lowest BCUT2D eigenvalue weighted by molar-refractivity contribution is 0.00284. The third-order valence-corrected chi connectivity index (χ3v) is 13.8. The molecule has 2 amide bonds. The van der Waals surface area contributed by atoms with Crippen molar-refractivity contribution in [3.8, 4) is 11.6 Å². The van der Waals surface area contributed by atoms with E-state index in [-0.39, 0.29) is 53.2 Å². The molecule has 2 aromatic carbocycles. The zero-order chi connectivity index (χ0) is 40.9. The molecular formula is C42H54ClN5O9S. The number of rotatable bonds is 11. The first-order chi connectivity index (χ1) is 28.0. The number of hydrogen-bond acceptors (Lipinski definition) is 11. The molecule has 2 bridgehead atoms. The monoisotopic (exact) mass is 839 g/mol. The van der Waals surface area contributed by atoms with Crippen molar-refractivity contribution in [2.75, 3.05) is 78.1 Å². The van der Waals surface area contributed by atoms with E-state index < -0.39 is 27.8 Å². The molecule has 16 heteroatoms. The normalized spacial score (nSPS) is 27.6. The first-order valence-electron chi connectivity index (χ1n) is 19.9. The summed E-state index contributed by atoms with van der Waals surface area (Å²) in [6.07, 6.45) is 9.73. The van der Waals surface area contributed by atoms with Crippen LogP contribution < -0.4 is 19.1 Å². The van der Waals surface area contributed by atoms with Gasteiger partial charge in [-0.05, 0) is 91.8 Å². The average molecular weight is 840 g/mol. The summed E-state index contributed by atoms with van der Waals surface area (Å²) in [5.74, 6) is -0.415. The number of hydrogen-bond donors (Lipinski definition) is 1. The van der Waals surface area contributed by atoms with Crippen molar-refractivity contribution in [1.82, 2.24) is 14.5 Å². The molecule has 7 rings (SSSR count). The summed E-state index contributed by atoms with van der Waals surface area (Å²) < 4.78 is 58.2. The summed E-state index contributed by atoms with van der Waals surface area (Å²) in [5.41, 5.74) is 3.23. The molecule has 314 valence electrons. The lowest BCUT2D eigenvalue weighted by Crippen LogP contribution is -2.49. The molecule has 1 spiro atoms. The molecule has 1 unspecified atom stereocenters. The fourth-order valence-electron chi connectivity index (χ4n) is 8.71. The number of aryl methyl sites for hydroxylation is 2. The quantitative estimate of drug-likeness (QED) is 0.191. The smallest absolute Gasteiger partial charge is 0.286 e. The number of methoxy groups -OCH3 is 3. The Labute approximate surface area is 345 Å². The number of amides is 2. The second kappa shape index (κ2) is 18.5. The minimum Gasteiger partial charge on any atom is -0.490 e. The van der Waals surface area contributed by atoms with Crippen LogP contribution in [0.1, 0.15) is 63.9 Å². The molecule has 0 radical (unpaired) electrons. The molecule has 4 aliphatic rings. The summed E-state index contributed by atoms with van der Waals surface area (Å²) in [6, 6.07) is 11.4. The highest BCUT2D eigenvalue weighted by Crippen LogP contribution is 2.47. The van der Waals surface area contributed by atoms with Crippen LogP contribution in [-0.4, -0.2) is 111 Å². The highest BCUT2D eigenvalue weighted by Gasteiger charge is 2.44. The molecule has 6 atom stereocenters. The minimum absolute atomic E-state index is 0.0485. The molecule has 3 heterocycles. The first kappa shape index (κ1) is 42.1. The molecule has 2 aliphatic heterocycles. The summed E-state index contributed by atoms with van der Waals surface area (Å²) in [7, 11) is 2.62. The van der Waals surface area contributed by atoms with Gasteiger partial charge in [-0.1, -0.05) is 29.8 Å². The molecule has 14 nitrogen and oxygen atoms in total. The van der Waals surface area contributed by atoms with Gasteiger partial charge in [0.1, 0.15) is 21.2 Å². The van der Waals surface area contributed by atoms with Gasteiger partial charge < -0.3 is 33.3 Å². The van der Waals surface area contributed by atoms with Crippen LogP contribution in [0, 0.1) is 11.8 Å². The second-order valence-electron chi connectivity index (χ2n) is 15.6. The van der Waals surface area contributed by atoms with Gasteiger partial charge in [0, 0.05) is 56.6 Å². The largest absolute Gasteiger partial charge is 0.490 e. The second-order valence-corrected chi connectivity index (χ2v) is 18.1. The number of ether oxygens (including phenoxy) is 6. The standard InChI is InChI=1S/C42H54ClN5O9S/c1-47-25-34(41(44-47)54-4)40(50)46-58(51)21-15-32(56-20-19-55-18-17-52-2)10-14-37(53-3)33-11-7-30(33)24-48-26-42(16-5-6-28-22-31(43)9-12-35(28)42)27-57-38-13-8-29(23-36(38)48)39(49)45-58/h8-10,12-14,22-23,25,30,32-33,37H,5-7,11,15-21,24,26-27H2,1-4H3,(H,45,46,49,50,51)/b14-10+/t30-,32-,33+,37-,42-,58?/m0/s1. The molecule has 3 aromatic rings. The van der Waals surface area contributed by atoms with Crippen LogP contribution >= 0.6 is 11.6 Å². The highest BCUT2D eigenvalue weighted by atomic mass is 35.5. The lowest BCUT2D eigenvalue weighted by Gasteiger charge is -2.46. The number of carbonyl (C=O) groups is 2. The Hall–Kier alpha value is -3.99. The Morgan fingerprint density at radius 3 is 2.69 bits per heavy atom. The molecule has 58 heavy (non-hydrogen) atoms. The third kappa shape index (κ3) is 9.40. The van der Waals surface area contributed by atoms with E-state index >= 15 is 0 Å². The molecule has 2 aliphatic carbocycles. The Morgan fingerprint density at radius 2 is 1.91 bits per heavy atom. The van der Waals surface area contributed by atoms with Crippen LogP contribution in [0.5, 0.6) is 11.6 Å². The average Bonchev–Trinajstić information content (AvgIpc) is 3.52. The van der Waals surface area contributed by atoms with Crippen molar-refractivity contribution < 1.29 is 42.2 Å². The Balaban J connectivity index is 1.28. The van der Waals surface area contributed by atoms with Gasteiger partial charge in [0.05, 0.1) is 63.8 Å². The number of carbonyl (C=O) groups excluding carboxylic acids is 2. The van der Waals surface area contributed by atoms with E-state index in [4.69, 9.17) is 40.0 Å². The molecule has 1 aromatic heterocycles. The summed E-state index contributed by atoms with van der Waals surface area (Å²) in [6.45, 7) is 3.30. The Kier molecular flexibility index (Phi) is 13.5. The Morgan fingerprint density at radius 1 is 1.07 bits per heavy atom. The van der Waals surface area contributed by atoms with E-state index in [2.05, 4.69) is 31.2 Å². The third-order valence-electron chi connectivity index (χ3n) is 11.8. The number of nitrogens with zero attached hydrogens (tertiary/aromatic N) is 4. The maximum atomic E-state index is 14.9. The first-order valence-corrected chi connectivity index (χ1v) is 22.0. The lowest BCUT2D eigenvalue weighted by atomic mass is 9.68. The number of anilines is 1. The molecule has 0 saturated heterocycles. The van der Waals surface area contributed by atoms with Crippen LogP contribution in [0.15, 0.2) is 59.1 Å². The van der Waals surface area contributed by atoms with Gasteiger partial charge in [0.15, 0.2) is 0 Å². The summed E-state index contributed by atoms with van der Waals surface area (Å²) in [4.78, 5) is 30.3. The van der Waals surface area contributed by atoms with Crippen molar-refractivity contribution >= 4 is 39.0 Å². The summed E-state index contributed by atoms with van der Waals surface area (Å²) in [5, 5.41) is 4.89. The number of halogens is 1. The van der Waals surface area contributed by atoms with Crippen molar-refractivity contribution in [3.05, 3.63) is 82.0 Å². The number of fused-ring (bicyclic) bond motifs is 4. The molecule has 1 saturated carbocycles. The summed E-state index contributed by atoms with van der Waals surface area (Å²) >= 11 is 6.49. The van der Waals surface area contributed by atoms with Gasteiger partial charge in [-0.25, -0.2) is 4.21 Å². The van der Waals surface area contributed by atoms with Crippen LogP contribution in [0.4, 0.5) is 5.69 Å².